The first-order valence-electron chi connectivity index (χ1n) is 8.13. The predicted octanol–water partition coefficient (Wildman–Crippen LogP) is -0.109. The van der Waals surface area contributed by atoms with Gasteiger partial charge in [0, 0.05) is 13.1 Å². The molecule has 0 spiro atoms. The molecule has 0 aliphatic carbocycles. The SMILES string of the molecule is CC(CN=C(N)N)C(C)[C@H](NC(=O)CNCc1ccccc1)C(=O)O. The largest absolute Gasteiger partial charge is 0.480 e. The zero-order valence-corrected chi connectivity index (χ0v) is 14.6. The maximum absolute atomic E-state index is 12.0. The summed E-state index contributed by atoms with van der Waals surface area (Å²) in [5.41, 5.74) is 11.6. The van der Waals surface area contributed by atoms with E-state index in [9.17, 15) is 14.7 Å². The van der Waals surface area contributed by atoms with Crippen molar-refractivity contribution in [2.75, 3.05) is 13.1 Å². The number of hydrogen-bond donors (Lipinski definition) is 5. The van der Waals surface area contributed by atoms with Gasteiger partial charge < -0.3 is 27.2 Å². The molecule has 0 saturated heterocycles. The Morgan fingerprint density at radius 1 is 1.20 bits per heavy atom. The van der Waals surface area contributed by atoms with Gasteiger partial charge in [-0.15, -0.1) is 0 Å². The Morgan fingerprint density at radius 2 is 1.84 bits per heavy atom. The molecule has 138 valence electrons. The standard InChI is InChI=1S/C17H27N5O3/c1-11(8-21-17(18)19)12(2)15(16(24)25)22-14(23)10-20-9-13-6-4-3-5-7-13/h3-7,11-12,15,20H,8-10H2,1-2H3,(H,22,23)(H,24,25)(H4,18,19,21)/t11?,12?,15-/m0/s1. The highest BCUT2D eigenvalue weighted by molar-refractivity contribution is 5.84. The molecule has 0 radical (unpaired) electrons. The molecule has 1 aromatic rings. The molecular weight excluding hydrogens is 322 g/mol. The van der Waals surface area contributed by atoms with Crippen molar-refractivity contribution in [1.29, 1.82) is 0 Å². The normalized spacial score (nSPS) is 14.2. The number of nitrogens with one attached hydrogen (secondary N) is 2. The number of carboxylic acids is 1. The highest BCUT2D eigenvalue weighted by Gasteiger charge is 2.30. The highest BCUT2D eigenvalue weighted by Crippen LogP contribution is 2.16. The van der Waals surface area contributed by atoms with Crippen LogP contribution in [0.2, 0.25) is 0 Å². The number of nitrogens with two attached hydrogens (primary N) is 2. The number of rotatable bonds is 10. The van der Waals surface area contributed by atoms with Gasteiger partial charge in [0.25, 0.3) is 0 Å². The Morgan fingerprint density at radius 3 is 2.40 bits per heavy atom. The number of benzene rings is 1. The number of aliphatic imine (C=N–C) groups is 1. The second kappa shape index (κ2) is 10.3. The molecule has 0 heterocycles. The molecule has 25 heavy (non-hydrogen) atoms. The number of nitrogens with zero attached hydrogens (tertiary/aromatic N) is 1. The van der Waals surface area contributed by atoms with E-state index < -0.39 is 12.0 Å². The molecule has 2 unspecified atom stereocenters. The minimum atomic E-state index is -1.08. The predicted molar refractivity (Wildman–Crippen MR) is 96.7 cm³/mol. The Hall–Kier alpha value is -2.61. The molecule has 7 N–H and O–H groups in total. The van der Waals surface area contributed by atoms with E-state index in [0.717, 1.165) is 5.56 Å². The van der Waals surface area contributed by atoms with Gasteiger partial charge in [-0.1, -0.05) is 44.2 Å². The van der Waals surface area contributed by atoms with Gasteiger partial charge in [-0.05, 0) is 17.4 Å². The van der Waals surface area contributed by atoms with Gasteiger partial charge in [-0.25, -0.2) is 4.79 Å². The molecule has 1 rings (SSSR count). The van der Waals surface area contributed by atoms with Gasteiger partial charge in [0.1, 0.15) is 6.04 Å². The summed E-state index contributed by atoms with van der Waals surface area (Å²) in [5.74, 6) is -1.94. The highest BCUT2D eigenvalue weighted by atomic mass is 16.4. The van der Waals surface area contributed by atoms with Crippen molar-refractivity contribution in [1.82, 2.24) is 10.6 Å². The molecular formula is C17H27N5O3. The van der Waals surface area contributed by atoms with E-state index in [1.807, 2.05) is 37.3 Å². The van der Waals surface area contributed by atoms with Crippen LogP contribution < -0.4 is 22.1 Å². The average molecular weight is 349 g/mol. The summed E-state index contributed by atoms with van der Waals surface area (Å²) in [5, 5.41) is 15.0. The molecule has 1 aromatic carbocycles. The van der Waals surface area contributed by atoms with Crippen molar-refractivity contribution in [3.63, 3.8) is 0 Å². The molecule has 3 atom stereocenters. The Bertz CT molecular complexity index is 587. The molecule has 8 nitrogen and oxygen atoms in total. The lowest BCUT2D eigenvalue weighted by Gasteiger charge is -2.26. The van der Waals surface area contributed by atoms with Gasteiger partial charge in [-0.2, -0.15) is 0 Å². The molecule has 0 aromatic heterocycles. The zero-order chi connectivity index (χ0) is 18.8. The van der Waals surface area contributed by atoms with Crippen LogP contribution in [0.15, 0.2) is 35.3 Å². The van der Waals surface area contributed by atoms with E-state index in [1.54, 1.807) is 6.92 Å². The summed E-state index contributed by atoms with van der Waals surface area (Å²) < 4.78 is 0. The fourth-order valence-electron chi connectivity index (χ4n) is 2.30. The van der Waals surface area contributed by atoms with Crippen LogP contribution in [-0.4, -0.2) is 42.1 Å². The van der Waals surface area contributed by atoms with Crippen LogP contribution in [-0.2, 0) is 16.1 Å². The average Bonchev–Trinajstić information content (AvgIpc) is 2.57. The van der Waals surface area contributed by atoms with Crippen LogP contribution >= 0.6 is 0 Å². The summed E-state index contributed by atoms with van der Waals surface area (Å²) >= 11 is 0. The monoisotopic (exact) mass is 349 g/mol. The maximum atomic E-state index is 12.0. The first kappa shape index (κ1) is 20.4. The van der Waals surface area contributed by atoms with Gasteiger partial charge in [0.15, 0.2) is 5.96 Å². The number of aliphatic carboxylic acids is 1. The van der Waals surface area contributed by atoms with Crippen LogP contribution in [0, 0.1) is 11.8 Å². The summed E-state index contributed by atoms with van der Waals surface area (Å²) in [4.78, 5) is 27.4. The Kier molecular flexibility index (Phi) is 8.42. The number of carboxylic acid groups (broad SMARTS) is 1. The summed E-state index contributed by atoms with van der Waals surface area (Å²) in [6, 6.07) is 8.62. The summed E-state index contributed by atoms with van der Waals surface area (Å²) in [7, 11) is 0. The van der Waals surface area contributed by atoms with E-state index in [1.165, 1.54) is 0 Å². The van der Waals surface area contributed by atoms with Crippen LogP contribution in [0.5, 0.6) is 0 Å². The third-order valence-electron chi connectivity index (χ3n) is 4.03. The molecule has 1 amide bonds. The van der Waals surface area contributed by atoms with Crippen molar-refractivity contribution < 1.29 is 14.7 Å². The van der Waals surface area contributed by atoms with Crippen LogP contribution in [0.1, 0.15) is 19.4 Å². The van der Waals surface area contributed by atoms with Crippen molar-refractivity contribution in [2.45, 2.75) is 26.4 Å². The van der Waals surface area contributed by atoms with Crippen molar-refractivity contribution in [3.05, 3.63) is 35.9 Å². The van der Waals surface area contributed by atoms with Crippen LogP contribution in [0.4, 0.5) is 0 Å². The van der Waals surface area contributed by atoms with Crippen LogP contribution in [0.3, 0.4) is 0 Å². The Labute approximate surface area is 147 Å². The minimum absolute atomic E-state index is 0.0354. The number of carbonyl (C=O) groups excluding carboxylic acids is 1. The fraction of sp³-hybridized carbons (Fsp3) is 0.471. The molecule has 8 heteroatoms. The van der Waals surface area contributed by atoms with E-state index in [4.69, 9.17) is 11.5 Å². The van der Waals surface area contributed by atoms with Gasteiger partial charge in [0.05, 0.1) is 6.54 Å². The third-order valence-corrected chi connectivity index (χ3v) is 4.03. The molecule has 0 aliphatic rings. The second-order valence-electron chi connectivity index (χ2n) is 6.07. The quantitative estimate of drug-likeness (QED) is 0.295. The number of carbonyl (C=O) groups is 2. The lowest BCUT2D eigenvalue weighted by Crippen LogP contribution is -2.49. The number of hydrogen-bond acceptors (Lipinski definition) is 4. The summed E-state index contributed by atoms with van der Waals surface area (Å²) in [6.45, 7) is 4.46. The van der Waals surface area contributed by atoms with E-state index >= 15 is 0 Å². The maximum Gasteiger partial charge on any atom is 0.326 e. The number of guanidine groups is 1. The lowest BCUT2D eigenvalue weighted by molar-refractivity contribution is -0.143. The minimum Gasteiger partial charge on any atom is -0.480 e. The Balaban J connectivity index is 2.51. The van der Waals surface area contributed by atoms with Crippen molar-refractivity contribution in [2.24, 2.45) is 28.3 Å². The van der Waals surface area contributed by atoms with Gasteiger partial charge in [0.2, 0.25) is 5.91 Å². The lowest BCUT2D eigenvalue weighted by atomic mass is 9.88. The van der Waals surface area contributed by atoms with E-state index in [-0.39, 0.29) is 30.2 Å². The summed E-state index contributed by atoms with van der Waals surface area (Å²) in [6.07, 6.45) is 0. The van der Waals surface area contributed by atoms with Gasteiger partial charge in [-0.3, -0.25) is 9.79 Å². The smallest absolute Gasteiger partial charge is 0.326 e. The van der Waals surface area contributed by atoms with Crippen molar-refractivity contribution >= 4 is 17.8 Å². The third kappa shape index (κ3) is 7.67. The molecule has 0 aliphatic heterocycles. The van der Waals surface area contributed by atoms with Gasteiger partial charge >= 0.3 is 5.97 Å². The topological polar surface area (TPSA) is 143 Å². The number of amides is 1. The molecule has 0 saturated carbocycles. The second-order valence-corrected chi connectivity index (χ2v) is 6.07. The van der Waals surface area contributed by atoms with Crippen LogP contribution in [0.25, 0.3) is 0 Å². The first-order valence-corrected chi connectivity index (χ1v) is 8.13. The first-order chi connectivity index (χ1) is 11.8. The molecule has 0 bridgehead atoms. The molecule has 0 fully saturated rings. The van der Waals surface area contributed by atoms with E-state index in [2.05, 4.69) is 15.6 Å². The van der Waals surface area contributed by atoms with Crippen molar-refractivity contribution in [3.8, 4) is 0 Å². The van der Waals surface area contributed by atoms with E-state index in [0.29, 0.717) is 13.1 Å². The fourth-order valence-corrected chi connectivity index (χ4v) is 2.30. The zero-order valence-electron chi connectivity index (χ0n) is 14.6.